The van der Waals surface area contributed by atoms with E-state index in [1.54, 1.807) is 12.4 Å². The molecule has 0 bridgehead atoms. The topological polar surface area (TPSA) is 76.4 Å². The number of carbonyl (C=O) groups is 1. The van der Waals surface area contributed by atoms with Crippen LogP contribution in [-0.2, 0) is 24.5 Å². The smallest absolute Gasteiger partial charge is 0.237 e. The second-order valence-corrected chi connectivity index (χ2v) is 6.09. The summed E-state index contributed by atoms with van der Waals surface area (Å²) in [6.07, 6.45) is 4.23. The first-order chi connectivity index (χ1) is 11.6. The lowest BCUT2D eigenvalue weighted by molar-refractivity contribution is -0.132. The Hall–Kier alpha value is -2.48. The summed E-state index contributed by atoms with van der Waals surface area (Å²) in [4.78, 5) is 20.2. The SMILES string of the molecule is CN(C)CC(=O)N1CCCn2nnc(COc3cccnc3)c2C1. The summed E-state index contributed by atoms with van der Waals surface area (Å²) in [6.45, 7) is 2.74. The predicted octanol–water partition coefficient (Wildman–Crippen LogP) is 0.546. The Morgan fingerprint density at radius 3 is 3.00 bits per heavy atom. The highest BCUT2D eigenvalue weighted by molar-refractivity contribution is 5.78. The average Bonchev–Trinajstić information content (AvgIpc) is 2.81. The van der Waals surface area contributed by atoms with Gasteiger partial charge in [0.1, 0.15) is 18.1 Å². The van der Waals surface area contributed by atoms with E-state index in [0.717, 1.165) is 30.9 Å². The average molecular weight is 330 g/mol. The number of hydrogen-bond acceptors (Lipinski definition) is 6. The van der Waals surface area contributed by atoms with Crippen LogP contribution in [0.2, 0.25) is 0 Å². The van der Waals surface area contributed by atoms with E-state index in [2.05, 4.69) is 15.3 Å². The molecular weight excluding hydrogens is 308 g/mol. The number of nitrogens with zero attached hydrogens (tertiary/aromatic N) is 6. The van der Waals surface area contributed by atoms with Crippen molar-refractivity contribution in [3.05, 3.63) is 35.9 Å². The fourth-order valence-corrected chi connectivity index (χ4v) is 2.67. The quantitative estimate of drug-likeness (QED) is 0.797. The molecule has 0 aliphatic carbocycles. The second-order valence-electron chi connectivity index (χ2n) is 6.09. The Kier molecular flexibility index (Phi) is 5.05. The van der Waals surface area contributed by atoms with Gasteiger partial charge in [-0.1, -0.05) is 5.21 Å². The summed E-state index contributed by atoms with van der Waals surface area (Å²) in [6, 6.07) is 3.67. The van der Waals surface area contributed by atoms with E-state index in [9.17, 15) is 4.79 Å². The van der Waals surface area contributed by atoms with Gasteiger partial charge in [0.2, 0.25) is 5.91 Å². The molecule has 24 heavy (non-hydrogen) atoms. The highest BCUT2D eigenvalue weighted by Crippen LogP contribution is 2.17. The van der Waals surface area contributed by atoms with Crippen molar-refractivity contribution in [2.45, 2.75) is 26.1 Å². The van der Waals surface area contributed by atoms with E-state index >= 15 is 0 Å². The normalized spacial score (nSPS) is 14.4. The maximum Gasteiger partial charge on any atom is 0.237 e. The fourth-order valence-electron chi connectivity index (χ4n) is 2.67. The van der Waals surface area contributed by atoms with Gasteiger partial charge in [-0.25, -0.2) is 4.68 Å². The Labute approximate surface area is 141 Å². The lowest BCUT2D eigenvalue weighted by atomic mass is 10.3. The van der Waals surface area contributed by atoms with E-state index in [4.69, 9.17) is 4.74 Å². The second kappa shape index (κ2) is 7.39. The first kappa shape index (κ1) is 16.4. The van der Waals surface area contributed by atoms with Crippen molar-refractivity contribution in [3.8, 4) is 5.75 Å². The summed E-state index contributed by atoms with van der Waals surface area (Å²) in [5.74, 6) is 0.808. The zero-order chi connectivity index (χ0) is 16.9. The molecule has 2 aromatic rings. The van der Waals surface area contributed by atoms with Crippen molar-refractivity contribution < 1.29 is 9.53 Å². The summed E-state index contributed by atoms with van der Waals surface area (Å²) in [5.41, 5.74) is 1.71. The molecule has 1 amide bonds. The highest BCUT2D eigenvalue weighted by atomic mass is 16.5. The van der Waals surface area contributed by atoms with Gasteiger partial charge < -0.3 is 14.5 Å². The van der Waals surface area contributed by atoms with E-state index < -0.39 is 0 Å². The van der Waals surface area contributed by atoms with Gasteiger partial charge in [-0.15, -0.1) is 5.10 Å². The Morgan fingerprint density at radius 2 is 2.25 bits per heavy atom. The van der Waals surface area contributed by atoms with Crippen molar-refractivity contribution >= 4 is 5.91 Å². The van der Waals surface area contributed by atoms with Crippen LogP contribution in [0.15, 0.2) is 24.5 Å². The number of carbonyl (C=O) groups excluding carboxylic acids is 1. The Balaban J connectivity index is 1.71. The molecule has 0 fully saturated rings. The predicted molar refractivity (Wildman–Crippen MR) is 87.2 cm³/mol. The van der Waals surface area contributed by atoms with Gasteiger partial charge in [-0.2, -0.15) is 0 Å². The van der Waals surface area contributed by atoms with Crippen LogP contribution in [-0.4, -0.2) is 62.9 Å². The van der Waals surface area contributed by atoms with Gasteiger partial charge in [0, 0.05) is 19.3 Å². The van der Waals surface area contributed by atoms with Crippen LogP contribution < -0.4 is 4.74 Å². The van der Waals surface area contributed by atoms with Crippen LogP contribution in [0.4, 0.5) is 0 Å². The van der Waals surface area contributed by atoms with Gasteiger partial charge >= 0.3 is 0 Å². The molecule has 0 saturated carbocycles. The molecule has 0 radical (unpaired) electrons. The molecule has 1 aliphatic rings. The molecule has 8 nitrogen and oxygen atoms in total. The number of ether oxygens (including phenoxy) is 1. The molecule has 3 rings (SSSR count). The number of fused-ring (bicyclic) bond motifs is 1. The molecular formula is C16H22N6O2. The van der Waals surface area contributed by atoms with Crippen molar-refractivity contribution in [2.75, 3.05) is 27.2 Å². The Morgan fingerprint density at radius 1 is 1.38 bits per heavy atom. The molecule has 0 N–H and O–H groups in total. The number of hydrogen-bond donors (Lipinski definition) is 0. The minimum Gasteiger partial charge on any atom is -0.486 e. The van der Waals surface area contributed by atoms with Crippen molar-refractivity contribution in [2.24, 2.45) is 0 Å². The zero-order valence-electron chi connectivity index (χ0n) is 14.1. The maximum absolute atomic E-state index is 12.4. The van der Waals surface area contributed by atoms with Gasteiger partial charge in [0.05, 0.1) is 25.0 Å². The molecule has 0 atom stereocenters. The molecule has 0 spiro atoms. The van der Waals surface area contributed by atoms with Gasteiger partial charge in [-0.3, -0.25) is 9.78 Å². The molecule has 3 heterocycles. The Bertz CT molecular complexity index is 685. The standard InChI is InChI=1S/C16H22N6O2/c1-20(2)11-16(23)21-7-4-8-22-15(10-21)14(18-19-22)12-24-13-5-3-6-17-9-13/h3,5-6,9H,4,7-8,10-12H2,1-2H3. The van der Waals surface area contributed by atoms with E-state index in [0.29, 0.717) is 25.4 Å². The number of amides is 1. The summed E-state index contributed by atoms with van der Waals surface area (Å²) in [7, 11) is 3.80. The molecule has 1 aliphatic heterocycles. The minimum atomic E-state index is 0.119. The third kappa shape index (κ3) is 3.88. The van der Waals surface area contributed by atoms with Gasteiger partial charge in [-0.05, 0) is 32.6 Å². The monoisotopic (exact) mass is 330 g/mol. The molecule has 128 valence electrons. The van der Waals surface area contributed by atoms with Crippen LogP contribution in [0.1, 0.15) is 17.8 Å². The molecule has 0 saturated heterocycles. The third-order valence-corrected chi connectivity index (χ3v) is 3.87. The number of aryl methyl sites for hydroxylation is 1. The maximum atomic E-state index is 12.4. The summed E-state index contributed by atoms with van der Waals surface area (Å²) < 4.78 is 7.61. The lowest BCUT2D eigenvalue weighted by Gasteiger charge is -2.22. The first-order valence-electron chi connectivity index (χ1n) is 8.00. The van der Waals surface area contributed by atoms with Crippen molar-refractivity contribution in [3.63, 3.8) is 0 Å². The fraction of sp³-hybridized carbons (Fsp3) is 0.500. The van der Waals surface area contributed by atoms with E-state index in [1.165, 1.54) is 0 Å². The van der Waals surface area contributed by atoms with Crippen molar-refractivity contribution in [1.29, 1.82) is 0 Å². The molecule has 8 heteroatoms. The van der Waals surface area contributed by atoms with Gasteiger partial charge in [0.25, 0.3) is 0 Å². The van der Waals surface area contributed by atoms with Crippen molar-refractivity contribution in [1.82, 2.24) is 29.8 Å². The van der Waals surface area contributed by atoms with E-state index in [-0.39, 0.29) is 5.91 Å². The summed E-state index contributed by atoms with van der Waals surface area (Å²) in [5, 5.41) is 8.43. The lowest BCUT2D eigenvalue weighted by Crippen LogP contribution is -2.37. The van der Waals surface area contributed by atoms with Gasteiger partial charge in [0.15, 0.2) is 0 Å². The minimum absolute atomic E-state index is 0.119. The van der Waals surface area contributed by atoms with Crippen LogP contribution in [0.25, 0.3) is 0 Å². The third-order valence-electron chi connectivity index (χ3n) is 3.87. The first-order valence-corrected chi connectivity index (χ1v) is 8.00. The summed E-state index contributed by atoms with van der Waals surface area (Å²) >= 11 is 0. The largest absolute Gasteiger partial charge is 0.486 e. The molecule has 2 aromatic heterocycles. The highest BCUT2D eigenvalue weighted by Gasteiger charge is 2.23. The van der Waals surface area contributed by atoms with Crippen LogP contribution in [0.5, 0.6) is 5.75 Å². The number of rotatable bonds is 5. The molecule has 0 unspecified atom stereocenters. The van der Waals surface area contributed by atoms with Crippen LogP contribution in [0, 0.1) is 0 Å². The zero-order valence-corrected chi connectivity index (χ0v) is 14.1. The number of likely N-dealkylation sites (N-methyl/N-ethyl adjacent to an activating group) is 1. The number of pyridine rings is 1. The molecule has 0 aromatic carbocycles. The van der Waals surface area contributed by atoms with Crippen LogP contribution >= 0.6 is 0 Å². The van der Waals surface area contributed by atoms with Crippen LogP contribution in [0.3, 0.4) is 0 Å². The number of aromatic nitrogens is 4. The van der Waals surface area contributed by atoms with E-state index in [1.807, 2.05) is 40.7 Å².